The van der Waals surface area contributed by atoms with Gasteiger partial charge in [0.25, 0.3) is 0 Å². The average molecular weight is 462 g/mol. The van der Waals surface area contributed by atoms with Crippen molar-refractivity contribution in [1.82, 2.24) is 9.21 Å². The molecule has 0 atom stereocenters. The Kier molecular flexibility index (Phi) is 8.11. The van der Waals surface area contributed by atoms with E-state index in [1.54, 1.807) is 13.2 Å². The monoisotopic (exact) mass is 461 g/mol. The number of methoxy groups -OCH3 is 2. The first-order valence-corrected chi connectivity index (χ1v) is 12.1. The Morgan fingerprint density at radius 1 is 1.06 bits per heavy atom. The summed E-state index contributed by atoms with van der Waals surface area (Å²) in [6.07, 6.45) is 2.76. The van der Waals surface area contributed by atoms with E-state index in [9.17, 15) is 13.2 Å². The van der Waals surface area contributed by atoms with Crippen molar-refractivity contribution in [1.29, 1.82) is 0 Å². The van der Waals surface area contributed by atoms with Gasteiger partial charge in [-0.05, 0) is 55.8 Å². The topological polar surface area (TPSA) is 88.2 Å². The van der Waals surface area contributed by atoms with Crippen LogP contribution in [0.4, 0.5) is 5.69 Å². The van der Waals surface area contributed by atoms with Crippen molar-refractivity contribution in [3.63, 3.8) is 0 Å². The molecule has 1 saturated heterocycles. The first kappa shape index (κ1) is 24.0. The molecule has 2 aromatic carbocycles. The molecule has 0 aliphatic carbocycles. The van der Waals surface area contributed by atoms with E-state index >= 15 is 0 Å². The molecule has 1 amide bonds. The quantitative estimate of drug-likeness (QED) is 0.618. The number of nitrogens with one attached hydrogen (secondary N) is 1. The van der Waals surface area contributed by atoms with Gasteiger partial charge in [0.1, 0.15) is 11.5 Å². The largest absolute Gasteiger partial charge is 0.497 e. The third kappa shape index (κ3) is 5.99. The molecular weight excluding hydrogens is 430 g/mol. The minimum Gasteiger partial charge on any atom is -0.497 e. The van der Waals surface area contributed by atoms with Crippen molar-refractivity contribution in [3.8, 4) is 11.5 Å². The number of nitrogens with zero attached hydrogens (tertiary/aromatic N) is 2. The van der Waals surface area contributed by atoms with Gasteiger partial charge in [-0.15, -0.1) is 0 Å². The molecule has 1 N–H and O–H groups in total. The van der Waals surface area contributed by atoms with E-state index < -0.39 is 10.0 Å². The number of ether oxygens (including phenoxy) is 2. The molecule has 0 bridgehead atoms. The second kappa shape index (κ2) is 10.8. The Bertz CT molecular complexity index is 1040. The van der Waals surface area contributed by atoms with Crippen molar-refractivity contribution in [2.75, 3.05) is 46.2 Å². The van der Waals surface area contributed by atoms with Gasteiger partial charge >= 0.3 is 0 Å². The van der Waals surface area contributed by atoms with Crippen LogP contribution in [0.1, 0.15) is 24.8 Å². The second-order valence-electron chi connectivity index (χ2n) is 7.90. The number of hydrogen-bond acceptors (Lipinski definition) is 6. The van der Waals surface area contributed by atoms with Crippen LogP contribution in [0.15, 0.2) is 47.4 Å². The minimum absolute atomic E-state index is 0.128. The highest BCUT2D eigenvalue weighted by Gasteiger charge is 2.27. The number of sulfonamides is 1. The van der Waals surface area contributed by atoms with Crippen molar-refractivity contribution in [2.45, 2.75) is 30.7 Å². The van der Waals surface area contributed by atoms with Crippen LogP contribution in [0.2, 0.25) is 0 Å². The van der Waals surface area contributed by atoms with Crippen molar-refractivity contribution < 1.29 is 22.7 Å². The zero-order valence-electron chi connectivity index (χ0n) is 18.8. The Hall–Kier alpha value is -2.62. The molecule has 0 aromatic heterocycles. The van der Waals surface area contributed by atoms with Gasteiger partial charge in [-0.25, -0.2) is 8.42 Å². The van der Waals surface area contributed by atoms with E-state index in [2.05, 4.69) is 5.32 Å². The molecule has 0 saturated carbocycles. The molecule has 0 unspecified atom stereocenters. The van der Waals surface area contributed by atoms with Gasteiger partial charge in [0.15, 0.2) is 0 Å². The van der Waals surface area contributed by atoms with Crippen LogP contribution in [-0.4, -0.2) is 64.4 Å². The van der Waals surface area contributed by atoms with Crippen LogP contribution in [0.3, 0.4) is 0 Å². The maximum absolute atomic E-state index is 13.0. The fourth-order valence-electron chi connectivity index (χ4n) is 3.77. The number of hydrogen-bond donors (Lipinski definition) is 1. The SMILES string of the molecule is COc1cccc(CN(C)CC(=O)Nc2cc(S(=O)(=O)N3CCCCC3)ccc2OC)c1. The number of anilines is 1. The number of amides is 1. The third-order valence-electron chi connectivity index (χ3n) is 5.40. The number of carbonyl (C=O) groups excluding carboxylic acids is 1. The smallest absolute Gasteiger partial charge is 0.243 e. The van der Waals surface area contributed by atoms with Gasteiger partial charge in [0, 0.05) is 19.6 Å². The molecule has 32 heavy (non-hydrogen) atoms. The Morgan fingerprint density at radius 2 is 1.81 bits per heavy atom. The molecule has 2 aromatic rings. The third-order valence-corrected chi connectivity index (χ3v) is 7.29. The van der Waals surface area contributed by atoms with E-state index in [1.807, 2.05) is 36.2 Å². The molecule has 9 heteroatoms. The summed E-state index contributed by atoms with van der Waals surface area (Å²) < 4.78 is 38.1. The lowest BCUT2D eigenvalue weighted by molar-refractivity contribution is -0.117. The van der Waals surface area contributed by atoms with E-state index in [-0.39, 0.29) is 17.3 Å². The molecule has 3 rings (SSSR count). The van der Waals surface area contributed by atoms with Gasteiger partial charge in [0.05, 0.1) is 31.3 Å². The first-order valence-electron chi connectivity index (χ1n) is 10.6. The molecule has 8 nitrogen and oxygen atoms in total. The van der Waals surface area contributed by atoms with Crippen LogP contribution < -0.4 is 14.8 Å². The Balaban J connectivity index is 1.69. The van der Waals surface area contributed by atoms with Crippen LogP contribution in [0.25, 0.3) is 0 Å². The second-order valence-corrected chi connectivity index (χ2v) is 9.84. The molecule has 1 aliphatic heterocycles. The van der Waals surface area contributed by atoms with Gasteiger partial charge < -0.3 is 14.8 Å². The first-order chi connectivity index (χ1) is 15.3. The number of likely N-dealkylation sites (N-methyl/N-ethyl adjacent to an activating group) is 1. The fourth-order valence-corrected chi connectivity index (χ4v) is 5.32. The molecule has 1 fully saturated rings. The Labute approximate surface area is 190 Å². The van der Waals surface area contributed by atoms with Crippen LogP contribution >= 0.6 is 0 Å². The summed E-state index contributed by atoms with van der Waals surface area (Å²) in [7, 11) is 1.33. The summed E-state index contributed by atoms with van der Waals surface area (Å²) in [5.41, 5.74) is 1.36. The molecule has 174 valence electrons. The van der Waals surface area contributed by atoms with Gasteiger partial charge in [-0.1, -0.05) is 18.6 Å². The number of benzene rings is 2. The van der Waals surface area contributed by atoms with Gasteiger partial charge in [-0.2, -0.15) is 4.31 Å². The van der Waals surface area contributed by atoms with Crippen LogP contribution in [-0.2, 0) is 21.4 Å². The maximum atomic E-state index is 13.0. The lowest BCUT2D eigenvalue weighted by atomic mass is 10.2. The lowest BCUT2D eigenvalue weighted by Gasteiger charge is -2.26. The molecule has 0 spiro atoms. The molecule has 0 radical (unpaired) electrons. The summed E-state index contributed by atoms with van der Waals surface area (Å²) in [5.74, 6) is 0.907. The summed E-state index contributed by atoms with van der Waals surface area (Å²) >= 11 is 0. The van der Waals surface area contributed by atoms with E-state index in [0.29, 0.717) is 31.1 Å². The summed E-state index contributed by atoms with van der Waals surface area (Å²) in [6.45, 7) is 1.73. The zero-order chi connectivity index (χ0) is 23.1. The summed E-state index contributed by atoms with van der Waals surface area (Å²) in [5, 5.41) is 2.80. The minimum atomic E-state index is -3.61. The predicted molar refractivity (Wildman–Crippen MR) is 124 cm³/mol. The van der Waals surface area contributed by atoms with E-state index in [4.69, 9.17) is 9.47 Å². The summed E-state index contributed by atoms with van der Waals surface area (Å²) in [4.78, 5) is 14.7. The Morgan fingerprint density at radius 3 is 2.50 bits per heavy atom. The normalized spacial score (nSPS) is 14.9. The number of piperidine rings is 1. The van der Waals surface area contributed by atoms with Crippen LogP contribution in [0, 0.1) is 0 Å². The predicted octanol–water partition coefficient (Wildman–Crippen LogP) is 2.95. The highest BCUT2D eigenvalue weighted by atomic mass is 32.2. The van der Waals surface area contributed by atoms with E-state index in [1.165, 1.54) is 23.5 Å². The zero-order valence-corrected chi connectivity index (χ0v) is 19.7. The highest BCUT2D eigenvalue weighted by Crippen LogP contribution is 2.30. The molecule has 1 heterocycles. The van der Waals surface area contributed by atoms with Crippen molar-refractivity contribution in [3.05, 3.63) is 48.0 Å². The van der Waals surface area contributed by atoms with Crippen molar-refractivity contribution in [2.24, 2.45) is 0 Å². The molecular formula is C23H31N3O5S. The van der Waals surface area contributed by atoms with Crippen LogP contribution in [0.5, 0.6) is 11.5 Å². The summed E-state index contributed by atoms with van der Waals surface area (Å²) in [6, 6.07) is 12.2. The lowest BCUT2D eigenvalue weighted by Crippen LogP contribution is -2.35. The van der Waals surface area contributed by atoms with Gasteiger partial charge in [0.2, 0.25) is 15.9 Å². The maximum Gasteiger partial charge on any atom is 0.243 e. The standard InChI is InChI=1S/C23H31N3O5S/c1-25(16-18-8-7-9-19(14-18)30-2)17-23(27)24-21-15-20(10-11-22(21)31-3)32(28,29)26-12-5-4-6-13-26/h7-11,14-15H,4-6,12-13,16-17H2,1-3H3,(H,24,27). The van der Waals surface area contributed by atoms with Gasteiger partial charge in [-0.3, -0.25) is 9.69 Å². The number of carbonyl (C=O) groups is 1. The highest BCUT2D eigenvalue weighted by molar-refractivity contribution is 7.89. The number of rotatable bonds is 9. The average Bonchev–Trinajstić information content (AvgIpc) is 2.79. The van der Waals surface area contributed by atoms with E-state index in [0.717, 1.165) is 30.6 Å². The van der Waals surface area contributed by atoms with Crippen molar-refractivity contribution >= 4 is 21.6 Å². The molecule has 1 aliphatic rings. The fraction of sp³-hybridized carbons (Fsp3) is 0.435.